The molecule has 1 N–H and O–H groups in total. The first kappa shape index (κ1) is 19.1. The van der Waals surface area contributed by atoms with Gasteiger partial charge in [0, 0.05) is 24.8 Å². The highest BCUT2D eigenvalue weighted by molar-refractivity contribution is 5.59. The standard InChI is InChI=1S/C22H29N5/c1-5-15-27-19(16-24-20(27)11-13-22(2,3)4)18-12-14-23-21(26-18)25-17-9-7-6-8-10-17/h6-10,12,14,16H,5,11,13,15H2,1-4H3,(H,23,25,26). The van der Waals surface area contributed by atoms with Crippen molar-refractivity contribution >= 4 is 11.6 Å². The maximum Gasteiger partial charge on any atom is 0.227 e. The molecular weight excluding hydrogens is 334 g/mol. The first-order chi connectivity index (χ1) is 13.0. The predicted molar refractivity (Wildman–Crippen MR) is 111 cm³/mol. The van der Waals surface area contributed by atoms with Crippen molar-refractivity contribution in [3.8, 4) is 11.4 Å². The molecule has 142 valence electrons. The van der Waals surface area contributed by atoms with Gasteiger partial charge in [-0.3, -0.25) is 0 Å². The number of para-hydroxylation sites is 1. The molecule has 5 heteroatoms. The van der Waals surface area contributed by atoms with Gasteiger partial charge < -0.3 is 9.88 Å². The van der Waals surface area contributed by atoms with Gasteiger partial charge in [-0.05, 0) is 36.5 Å². The molecule has 0 fully saturated rings. The third-order valence-electron chi connectivity index (χ3n) is 4.43. The highest BCUT2D eigenvalue weighted by Crippen LogP contribution is 2.25. The largest absolute Gasteiger partial charge is 0.327 e. The Kier molecular flexibility index (Phi) is 5.89. The fraction of sp³-hybridized carbons (Fsp3) is 0.409. The lowest BCUT2D eigenvalue weighted by molar-refractivity contribution is 0.371. The zero-order valence-corrected chi connectivity index (χ0v) is 16.7. The Bertz CT molecular complexity index is 862. The summed E-state index contributed by atoms with van der Waals surface area (Å²) in [7, 11) is 0. The molecule has 0 saturated carbocycles. The van der Waals surface area contributed by atoms with Crippen molar-refractivity contribution in [2.75, 3.05) is 5.32 Å². The third-order valence-corrected chi connectivity index (χ3v) is 4.43. The molecule has 0 saturated heterocycles. The van der Waals surface area contributed by atoms with Crippen molar-refractivity contribution in [2.24, 2.45) is 5.41 Å². The molecule has 0 spiro atoms. The quantitative estimate of drug-likeness (QED) is 0.604. The van der Waals surface area contributed by atoms with Gasteiger partial charge in [-0.25, -0.2) is 15.0 Å². The van der Waals surface area contributed by atoms with Gasteiger partial charge in [0.2, 0.25) is 5.95 Å². The average molecular weight is 364 g/mol. The number of nitrogens with zero attached hydrogens (tertiary/aromatic N) is 4. The van der Waals surface area contributed by atoms with E-state index < -0.39 is 0 Å². The number of aromatic nitrogens is 4. The lowest BCUT2D eigenvalue weighted by Gasteiger charge is -2.18. The van der Waals surface area contributed by atoms with E-state index in [4.69, 9.17) is 9.97 Å². The molecule has 1 aromatic carbocycles. The van der Waals surface area contributed by atoms with E-state index in [-0.39, 0.29) is 0 Å². The molecule has 2 aromatic heterocycles. The molecule has 0 radical (unpaired) electrons. The van der Waals surface area contributed by atoms with E-state index in [1.807, 2.05) is 42.6 Å². The van der Waals surface area contributed by atoms with Crippen molar-refractivity contribution in [3.05, 3.63) is 54.6 Å². The SMILES string of the molecule is CCCn1c(-c2ccnc(Nc3ccccc3)n2)cnc1CCC(C)(C)C. The first-order valence-corrected chi connectivity index (χ1v) is 9.66. The summed E-state index contributed by atoms with van der Waals surface area (Å²) in [6.45, 7) is 9.95. The summed E-state index contributed by atoms with van der Waals surface area (Å²) >= 11 is 0. The van der Waals surface area contributed by atoms with Crippen LogP contribution in [-0.2, 0) is 13.0 Å². The highest BCUT2D eigenvalue weighted by atomic mass is 15.1. The van der Waals surface area contributed by atoms with E-state index >= 15 is 0 Å². The second-order valence-corrected chi connectivity index (χ2v) is 8.03. The van der Waals surface area contributed by atoms with E-state index in [0.29, 0.717) is 11.4 Å². The predicted octanol–water partition coefficient (Wildman–Crippen LogP) is 5.47. The van der Waals surface area contributed by atoms with Crippen LogP contribution in [0.15, 0.2) is 48.8 Å². The van der Waals surface area contributed by atoms with Gasteiger partial charge in [0.25, 0.3) is 0 Å². The van der Waals surface area contributed by atoms with Gasteiger partial charge in [0.15, 0.2) is 0 Å². The Hall–Kier alpha value is -2.69. The minimum absolute atomic E-state index is 0.296. The van der Waals surface area contributed by atoms with Crippen LogP contribution in [0.3, 0.4) is 0 Å². The van der Waals surface area contributed by atoms with E-state index in [1.165, 1.54) is 0 Å². The topological polar surface area (TPSA) is 55.6 Å². The van der Waals surface area contributed by atoms with Gasteiger partial charge in [0.1, 0.15) is 5.82 Å². The van der Waals surface area contributed by atoms with Crippen molar-refractivity contribution in [2.45, 2.75) is 53.5 Å². The maximum absolute atomic E-state index is 4.72. The number of hydrogen-bond donors (Lipinski definition) is 1. The first-order valence-electron chi connectivity index (χ1n) is 9.66. The van der Waals surface area contributed by atoms with Crippen LogP contribution in [0, 0.1) is 5.41 Å². The number of anilines is 2. The minimum Gasteiger partial charge on any atom is -0.327 e. The fourth-order valence-electron chi connectivity index (χ4n) is 2.99. The molecule has 3 aromatic rings. The van der Waals surface area contributed by atoms with E-state index in [9.17, 15) is 0 Å². The second-order valence-electron chi connectivity index (χ2n) is 8.03. The van der Waals surface area contributed by atoms with E-state index in [0.717, 1.165) is 48.7 Å². The summed E-state index contributed by atoms with van der Waals surface area (Å²) in [5, 5.41) is 3.27. The number of rotatable bonds is 7. The summed E-state index contributed by atoms with van der Waals surface area (Å²) in [6, 6.07) is 11.9. The van der Waals surface area contributed by atoms with Crippen LogP contribution in [0.4, 0.5) is 11.6 Å². The van der Waals surface area contributed by atoms with Crippen LogP contribution >= 0.6 is 0 Å². The Morgan fingerprint density at radius 3 is 2.52 bits per heavy atom. The zero-order valence-electron chi connectivity index (χ0n) is 16.7. The number of benzene rings is 1. The summed E-state index contributed by atoms with van der Waals surface area (Å²) in [5.74, 6) is 1.73. The molecule has 0 aliphatic carbocycles. The number of hydrogen-bond acceptors (Lipinski definition) is 4. The van der Waals surface area contributed by atoms with Gasteiger partial charge in [-0.1, -0.05) is 45.9 Å². The van der Waals surface area contributed by atoms with E-state index in [1.54, 1.807) is 6.20 Å². The van der Waals surface area contributed by atoms with Gasteiger partial charge >= 0.3 is 0 Å². The molecule has 0 aliphatic heterocycles. The summed E-state index contributed by atoms with van der Waals surface area (Å²) in [4.78, 5) is 13.8. The molecular formula is C22H29N5. The molecule has 3 rings (SSSR count). The van der Waals surface area contributed by atoms with Crippen molar-refractivity contribution in [3.63, 3.8) is 0 Å². The molecule has 0 atom stereocenters. The summed E-state index contributed by atoms with van der Waals surface area (Å²) in [6.07, 6.45) is 6.89. The molecule has 5 nitrogen and oxygen atoms in total. The highest BCUT2D eigenvalue weighted by Gasteiger charge is 2.16. The van der Waals surface area contributed by atoms with Crippen molar-refractivity contribution in [1.29, 1.82) is 0 Å². The van der Waals surface area contributed by atoms with Crippen molar-refractivity contribution < 1.29 is 0 Å². The fourth-order valence-corrected chi connectivity index (χ4v) is 2.99. The summed E-state index contributed by atoms with van der Waals surface area (Å²) < 4.78 is 2.31. The van der Waals surface area contributed by atoms with Crippen LogP contribution in [0.1, 0.15) is 46.4 Å². The normalized spacial score (nSPS) is 11.6. The van der Waals surface area contributed by atoms with Crippen LogP contribution in [0.25, 0.3) is 11.4 Å². The monoisotopic (exact) mass is 363 g/mol. The Morgan fingerprint density at radius 2 is 1.81 bits per heavy atom. The van der Waals surface area contributed by atoms with Gasteiger partial charge in [0.05, 0.1) is 17.6 Å². The zero-order chi connectivity index (χ0) is 19.3. The second kappa shape index (κ2) is 8.33. The molecule has 0 aliphatic rings. The van der Waals surface area contributed by atoms with Crippen LogP contribution in [0.2, 0.25) is 0 Å². The number of aryl methyl sites for hydroxylation is 1. The maximum atomic E-state index is 4.72. The minimum atomic E-state index is 0.296. The summed E-state index contributed by atoms with van der Waals surface area (Å²) in [5.41, 5.74) is 3.22. The molecule has 0 bridgehead atoms. The van der Waals surface area contributed by atoms with Crippen LogP contribution in [-0.4, -0.2) is 19.5 Å². The lowest BCUT2D eigenvalue weighted by Crippen LogP contribution is -2.11. The Labute approximate surface area is 161 Å². The number of nitrogens with one attached hydrogen (secondary N) is 1. The lowest BCUT2D eigenvalue weighted by atomic mass is 9.90. The molecule has 0 amide bonds. The molecule has 2 heterocycles. The van der Waals surface area contributed by atoms with Gasteiger partial charge in [-0.15, -0.1) is 0 Å². The van der Waals surface area contributed by atoms with Crippen LogP contribution < -0.4 is 5.32 Å². The average Bonchev–Trinajstić information content (AvgIpc) is 3.04. The smallest absolute Gasteiger partial charge is 0.227 e. The third kappa shape index (κ3) is 5.16. The Morgan fingerprint density at radius 1 is 1.04 bits per heavy atom. The Balaban J connectivity index is 1.87. The van der Waals surface area contributed by atoms with E-state index in [2.05, 4.69) is 42.6 Å². The van der Waals surface area contributed by atoms with Gasteiger partial charge in [-0.2, -0.15) is 0 Å². The van der Waals surface area contributed by atoms with Crippen molar-refractivity contribution in [1.82, 2.24) is 19.5 Å². The molecule has 0 unspecified atom stereocenters. The molecule has 27 heavy (non-hydrogen) atoms. The number of imidazole rings is 1. The van der Waals surface area contributed by atoms with Crippen LogP contribution in [0.5, 0.6) is 0 Å².